The predicted octanol–water partition coefficient (Wildman–Crippen LogP) is 3.42. The van der Waals surface area contributed by atoms with E-state index in [4.69, 9.17) is 4.74 Å². The molecule has 0 saturated heterocycles. The molecule has 0 unspecified atom stereocenters. The van der Waals surface area contributed by atoms with Crippen LogP contribution >= 0.6 is 0 Å². The highest BCUT2D eigenvalue weighted by Crippen LogP contribution is 2.19. The van der Waals surface area contributed by atoms with E-state index in [0.717, 1.165) is 17.7 Å². The molecule has 2 rings (SSSR count). The lowest BCUT2D eigenvalue weighted by molar-refractivity contribution is -0.132. The van der Waals surface area contributed by atoms with Crippen molar-refractivity contribution in [1.82, 2.24) is 9.80 Å². The standard InChI is InChI=1S/C22H26F3N3O3/c1-4-10-28(13-19(29)26-18-9-8-17(23)21(24)22(18)25)14-20(30)27(2)12-15-6-5-7-16(11-15)31-3/h5-9,11H,4,10,12-14H2,1-3H3,(H,26,29). The van der Waals surface area contributed by atoms with Crippen molar-refractivity contribution in [2.24, 2.45) is 0 Å². The van der Waals surface area contributed by atoms with Crippen LogP contribution in [0.5, 0.6) is 5.75 Å². The molecule has 0 fully saturated rings. The Hall–Kier alpha value is -3.07. The zero-order chi connectivity index (χ0) is 23.0. The maximum atomic E-state index is 13.8. The summed E-state index contributed by atoms with van der Waals surface area (Å²) >= 11 is 0. The minimum Gasteiger partial charge on any atom is -0.497 e. The maximum absolute atomic E-state index is 13.8. The summed E-state index contributed by atoms with van der Waals surface area (Å²) in [6.45, 7) is 2.48. The second-order valence-corrected chi connectivity index (χ2v) is 7.08. The summed E-state index contributed by atoms with van der Waals surface area (Å²) in [6, 6.07) is 9.02. The van der Waals surface area contributed by atoms with E-state index in [1.165, 1.54) is 4.90 Å². The first-order valence-electron chi connectivity index (χ1n) is 9.77. The zero-order valence-electron chi connectivity index (χ0n) is 17.8. The molecule has 2 amide bonds. The number of carbonyl (C=O) groups excluding carboxylic acids is 2. The van der Waals surface area contributed by atoms with E-state index in [2.05, 4.69) is 5.32 Å². The number of anilines is 1. The molecule has 9 heteroatoms. The average Bonchev–Trinajstić information content (AvgIpc) is 2.74. The largest absolute Gasteiger partial charge is 0.497 e. The number of halogens is 3. The van der Waals surface area contributed by atoms with Crippen LogP contribution in [0.4, 0.5) is 18.9 Å². The van der Waals surface area contributed by atoms with Gasteiger partial charge in [-0.1, -0.05) is 19.1 Å². The van der Waals surface area contributed by atoms with E-state index in [9.17, 15) is 22.8 Å². The van der Waals surface area contributed by atoms with Crippen molar-refractivity contribution in [3.05, 3.63) is 59.4 Å². The molecule has 2 aromatic carbocycles. The molecule has 2 aromatic rings. The molecular weight excluding hydrogens is 411 g/mol. The monoisotopic (exact) mass is 437 g/mol. The number of ether oxygens (including phenoxy) is 1. The second kappa shape index (κ2) is 11.4. The number of likely N-dealkylation sites (N-methyl/N-ethyl adjacent to an activating group) is 1. The van der Waals surface area contributed by atoms with E-state index in [1.54, 1.807) is 19.1 Å². The maximum Gasteiger partial charge on any atom is 0.238 e. The van der Waals surface area contributed by atoms with Gasteiger partial charge >= 0.3 is 0 Å². The van der Waals surface area contributed by atoms with Crippen molar-refractivity contribution in [3.8, 4) is 5.75 Å². The van der Waals surface area contributed by atoms with Gasteiger partial charge in [0.25, 0.3) is 0 Å². The normalized spacial score (nSPS) is 10.8. The molecule has 168 valence electrons. The number of amides is 2. The van der Waals surface area contributed by atoms with Gasteiger partial charge in [-0.3, -0.25) is 14.5 Å². The summed E-state index contributed by atoms with van der Waals surface area (Å²) in [7, 11) is 3.22. The molecular formula is C22H26F3N3O3. The lowest BCUT2D eigenvalue weighted by atomic mass is 10.2. The van der Waals surface area contributed by atoms with Crippen molar-refractivity contribution in [1.29, 1.82) is 0 Å². The fourth-order valence-electron chi connectivity index (χ4n) is 2.99. The van der Waals surface area contributed by atoms with Crippen molar-refractivity contribution in [3.63, 3.8) is 0 Å². The Kier molecular flexibility index (Phi) is 8.87. The first-order chi connectivity index (χ1) is 14.7. The fourth-order valence-corrected chi connectivity index (χ4v) is 2.99. The molecule has 0 aromatic heterocycles. The lowest BCUT2D eigenvalue weighted by Gasteiger charge is -2.24. The molecule has 0 saturated carbocycles. The Morgan fingerprint density at radius 2 is 1.81 bits per heavy atom. The van der Waals surface area contributed by atoms with Gasteiger partial charge < -0.3 is 15.0 Å². The number of hydrogen-bond donors (Lipinski definition) is 1. The molecule has 0 bridgehead atoms. The van der Waals surface area contributed by atoms with Gasteiger partial charge in [-0.05, 0) is 42.8 Å². The topological polar surface area (TPSA) is 61.9 Å². The molecule has 0 aliphatic rings. The highest BCUT2D eigenvalue weighted by molar-refractivity contribution is 5.92. The van der Waals surface area contributed by atoms with Crippen LogP contribution in [0, 0.1) is 17.5 Å². The minimum absolute atomic E-state index is 0.0258. The highest BCUT2D eigenvalue weighted by atomic mass is 19.2. The molecule has 31 heavy (non-hydrogen) atoms. The zero-order valence-corrected chi connectivity index (χ0v) is 17.8. The van der Waals surface area contributed by atoms with Crippen molar-refractivity contribution in [2.75, 3.05) is 39.1 Å². The van der Waals surface area contributed by atoms with Gasteiger partial charge in [-0.25, -0.2) is 13.2 Å². The van der Waals surface area contributed by atoms with Gasteiger partial charge in [0.2, 0.25) is 11.8 Å². The van der Waals surface area contributed by atoms with E-state index < -0.39 is 29.0 Å². The van der Waals surface area contributed by atoms with E-state index in [-0.39, 0.29) is 19.0 Å². The quantitative estimate of drug-likeness (QED) is 0.579. The second-order valence-electron chi connectivity index (χ2n) is 7.08. The molecule has 1 N–H and O–H groups in total. The van der Waals surface area contributed by atoms with Crippen LogP contribution in [0.1, 0.15) is 18.9 Å². The summed E-state index contributed by atoms with van der Waals surface area (Å²) in [5.74, 6) is -4.62. The SMILES string of the molecule is CCCN(CC(=O)Nc1ccc(F)c(F)c1F)CC(=O)N(C)Cc1cccc(OC)c1. The third-order valence-electron chi connectivity index (χ3n) is 4.55. The van der Waals surface area contributed by atoms with Gasteiger partial charge in [0.05, 0.1) is 25.9 Å². The average molecular weight is 437 g/mol. The number of hydrogen-bond acceptors (Lipinski definition) is 4. The first kappa shape index (κ1) is 24.2. The van der Waals surface area contributed by atoms with Crippen LogP contribution < -0.4 is 10.1 Å². The minimum atomic E-state index is -1.66. The van der Waals surface area contributed by atoms with Crippen LogP contribution in [-0.2, 0) is 16.1 Å². The van der Waals surface area contributed by atoms with E-state index >= 15 is 0 Å². The van der Waals surface area contributed by atoms with E-state index in [1.807, 2.05) is 31.2 Å². The molecule has 0 atom stereocenters. The third kappa shape index (κ3) is 6.99. The smallest absolute Gasteiger partial charge is 0.238 e. The number of benzene rings is 2. The van der Waals surface area contributed by atoms with Gasteiger partial charge in [-0.2, -0.15) is 0 Å². The Bertz CT molecular complexity index is 924. The molecule has 0 radical (unpaired) electrons. The van der Waals surface area contributed by atoms with Crippen molar-refractivity contribution in [2.45, 2.75) is 19.9 Å². The Balaban J connectivity index is 1.97. The number of nitrogens with one attached hydrogen (secondary N) is 1. The molecule has 0 aliphatic heterocycles. The number of nitrogens with zero attached hydrogens (tertiary/aromatic N) is 2. The summed E-state index contributed by atoms with van der Waals surface area (Å²) in [4.78, 5) is 28.1. The third-order valence-corrected chi connectivity index (χ3v) is 4.55. The Morgan fingerprint density at radius 3 is 2.48 bits per heavy atom. The summed E-state index contributed by atoms with van der Waals surface area (Å²) in [5.41, 5.74) is 0.436. The number of carbonyl (C=O) groups is 2. The number of rotatable bonds is 10. The summed E-state index contributed by atoms with van der Waals surface area (Å²) < 4.78 is 45.3. The van der Waals surface area contributed by atoms with Gasteiger partial charge in [0.1, 0.15) is 5.75 Å². The molecule has 0 aliphatic carbocycles. The van der Waals surface area contributed by atoms with Gasteiger partial charge in [0.15, 0.2) is 17.5 Å². The van der Waals surface area contributed by atoms with E-state index in [0.29, 0.717) is 25.3 Å². The lowest BCUT2D eigenvalue weighted by Crippen LogP contribution is -2.42. The molecule has 0 spiro atoms. The van der Waals surface area contributed by atoms with Crippen LogP contribution in [0.2, 0.25) is 0 Å². The highest BCUT2D eigenvalue weighted by Gasteiger charge is 2.19. The Morgan fingerprint density at radius 1 is 1.06 bits per heavy atom. The summed E-state index contributed by atoms with van der Waals surface area (Å²) in [5, 5.41) is 2.22. The van der Waals surface area contributed by atoms with Crippen LogP contribution in [0.15, 0.2) is 36.4 Å². The van der Waals surface area contributed by atoms with Gasteiger partial charge in [-0.15, -0.1) is 0 Å². The number of methoxy groups -OCH3 is 1. The summed E-state index contributed by atoms with van der Waals surface area (Å²) in [6.07, 6.45) is 0.680. The molecule has 6 nitrogen and oxygen atoms in total. The van der Waals surface area contributed by atoms with Crippen molar-refractivity contribution < 1.29 is 27.5 Å². The van der Waals surface area contributed by atoms with Crippen LogP contribution in [0.3, 0.4) is 0 Å². The van der Waals surface area contributed by atoms with Crippen LogP contribution in [-0.4, -0.2) is 55.4 Å². The predicted molar refractivity (Wildman–Crippen MR) is 111 cm³/mol. The first-order valence-corrected chi connectivity index (χ1v) is 9.77. The van der Waals surface area contributed by atoms with Crippen LogP contribution in [0.25, 0.3) is 0 Å². The Labute approximate surface area is 179 Å². The fraction of sp³-hybridized carbons (Fsp3) is 0.364. The van der Waals surface area contributed by atoms with Crippen molar-refractivity contribution >= 4 is 17.5 Å². The van der Waals surface area contributed by atoms with Gasteiger partial charge in [0, 0.05) is 13.6 Å². The molecule has 0 heterocycles.